The highest BCUT2D eigenvalue weighted by atomic mass is 19.2. The number of fused-ring (bicyclic) bond motifs is 1. The van der Waals surface area contributed by atoms with Crippen LogP contribution in [0.25, 0.3) is 10.9 Å². The molecule has 4 rings (SSSR count). The summed E-state index contributed by atoms with van der Waals surface area (Å²) in [6.45, 7) is 1.99. The van der Waals surface area contributed by atoms with Gasteiger partial charge >= 0.3 is 0 Å². The highest BCUT2D eigenvalue weighted by Crippen LogP contribution is 2.28. The molecule has 1 aromatic heterocycles. The SMILES string of the molecule is CCC(Nc1ncnc2c(C(N)=O)cccc12)c1cccc(NC(=O)c2ccc(F)c(F)c2)c1. The zero-order valence-corrected chi connectivity index (χ0v) is 18.2. The minimum Gasteiger partial charge on any atom is -0.366 e. The average molecular weight is 461 g/mol. The fourth-order valence-electron chi connectivity index (χ4n) is 3.66. The van der Waals surface area contributed by atoms with E-state index in [2.05, 4.69) is 20.6 Å². The van der Waals surface area contributed by atoms with Gasteiger partial charge in [-0.3, -0.25) is 9.59 Å². The number of nitrogens with zero attached hydrogens (tertiary/aromatic N) is 2. The lowest BCUT2D eigenvalue weighted by Gasteiger charge is -2.20. The number of hydrogen-bond donors (Lipinski definition) is 3. The first-order valence-electron chi connectivity index (χ1n) is 10.5. The highest BCUT2D eigenvalue weighted by molar-refractivity contribution is 6.07. The normalized spacial score (nSPS) is 11.7. The second-order valence-corrected chi connectivity index (χ2v) is 7.60. The van der Waals surface area contributed by atoms with E-state index in [0.717, 1.165) is 17.7 Å². The van der Waals surface area contributed by atoms with E-state index >= 15 is 0 Å². The summed E-state index contributed by atoms with van der Waals surface area (Å²) in [4.78, 5) is 32.8. The quantitative estimate of drug-likeness (QED) is 0.365. The van der Waals surface area contributed by atoms with Crippen LogP contribution in [0.2, 0.25) is 0 Å². The third-order valence-electron chi connectivity index (χ3n) is 5.38. The number of nitrogens with one attached hydrogen (secondary N) is 2. The number of hydrogen-bond acceptors (Lipinski definition) is 5. The maximum absolute atomic E-state index is 13.5. The van der Waals surface area contributed by atoms with Crippen LogP contribution >= 0.6 is 0 Å². The summed E-state index contributed by atoms with van der Waals surface area (Å²) in [7, 11) is 0. The molecule has 0 saturated carbocycles. The highest BCUT2D eigenvalue weighted by Gasteiger charge is 2.16. The summed E-state index contributed by atoms with van der Waals surface area (Å²) < 4.78 is 26.6. The van der Waals surface area contributed by atoms with Gasteiger partial charge in [-0.05, 0) is 54.4 Å². The van der Waals surface area contributed by atoms with E-state index in [1.807, 2.05) is 13.0 Å². The first-order valence-corrected chi connectivity index (χ1v) is 10.5. The third kappa shape index (κ3) is 4.68. The molecular formula is C25H21F2N5O2. The number of benzene rings is 3. The van der Waals surface area contributed by atoms with E-state index in [-0.39, 0.29) is 11.6 Å². The maximum Gasteiger partial charge on any atom is 0.255 e. The Morgan fingerprint density at radius 3 is 2.53 bits per heavy atom. The molecule has 0 fully saturated rings. The largest absolute Gasteiger partial charge is 0.366 e. The Bertz CT molecular complexity index is 1390. The molecule has 0 saturated heterocycles. The fraction of sp³-hybridized carbons (Fsp3) is 0.120. The molecule has 1 unspecified atom stereocenters. The fourth-order valence-corrected chi connectivity index (χ4v) is 3.66. The smallest absolute Gasteiger partial charge is 0.255 e. The lowest BCUT2D eigenvalue weighted by atomic mass is 10.0. The van der Waals surface area contributed by atoms with E-state index in [1.165, 1.54) is 12.4 Å². The number of anilines is 2. The summed E-state index contributed by atoms with van der Waals surface area (Å²) in [5, 5.41) is 6.73. The van der Waals surface area contributed by atoms with E-state index < -0.39 is 23.4 Å². The standard InChI is InChI=1S/C25H21F2N5O2/c1-2-21(32-24-18-8-4-7-17(23(28)33)22(18)29-13-30-24)14-5-3-6-16(11-14)31-25(34)15-9-10-19(26)20(27)12-15/h3-13,21H,2H2,1H3,(H2,28,33)(H,31,34)(H,29,30,32). The van der Waals surface area contributed by atoms with Crippen LogP contribution in [-0.4, -0.2) is 21.8 Å². The molecule has 172 valence electrons. The van der Waals surface area contributed by atoms with E-state index in [9.17, 15) is 18.4 Å². The van der Waals surface area contributed by atoms with Crippen LogP contribution < -0.4 is 16.4 Å². The van der Waals surface area contributed by atoms with Crippen molar-refractivity contribution in [1.29, 1.82) is 0 Å². The molecule has 4 aromatic rings. The Hall–Kier alpha value is -4.40. The number of amides is 2. The number of aromatic nitrogens is 2. The summed E-state index contributed by atoms with van der Waals surface area (Å²) in [6, 6.07) is 15.1. The Kier molecular flexibility index (Phi) is 6.44. The number of halogens is 2. The van der Waals surface area contributed by atoms with Crippen LogP contribution in [-0.2, 0) is 0 Å². The maximum atomic E-state index is 13.5. The third-order valence-corrected chi connectivity index (χ3v) is 5.38. The first-order chi connectivity index (χ1) is 16.4. The molecule has 0 aliphatic rings. The lowest BCUT2D eigenvalue weighted by molar-refractivity contribution is 0.0998. The molecule has 34 heavy (non-hydrogen) atoms. The van der Waals surface area contributed by atoms with Crippen LogP contribution in [0, 0.1) is 11.6 Å². The number of para-hydroxylation sites is 1. The van der Waals surface area contributed by atoms with Gasteiger partial charge in [0, 0.05) is 16.6 Å². The number of rotatable bonds is 7. The van der Waals surface area contributed by atoms with Gasteiger partial charge in [-0.15, -0.1) is 0 Å². The van der Waals surface area contributed by atoms with Crippen molar-refractivity contribution in [3.05, 3.63) is 95.3 Å². The Labute approximate surface area is 194 Å². The average Bonchev–Trinajstić information content (AvgIpc) is 2.83. The van der Waals surface area contributed by atoms with Crippen LogP contribution in [0.1, 0.15) is 45.7 Å². The Morgan fingerprint density at radius 1 is 1.00 bits per heavy atom. The van der Waals surface area contributed by atoms with Crippen molar-refractivity contribution < 1.29 is 18.4 Å². The van der Waals surface area contributed by atoms with Gasteiger partial charge in [-0.25, -0.2) is 18.7 Å². The monoisotopic (exact) mass is 461 g/mol. The van der Waals surface area contributed by atoms with Gasteiger partial charge in [0.1, 0.15) is 12.1 Å². The van der Waals surface area contributed by atoms with Gasteiger partial charge < -0.3 is 16.4 Å². The molecule has 1 heterocycles. The summed E-state index contributed by atoms with van der Waals surface area (Å²) >= 11 is 0. The summed E-state index contributed by atoms with van der Waals surface area (Å²) in [5.74, 6) is -2.70. The molecule has 1 atom stereocenters. The lowest BCUT2D eigenvalue weighted by Crippen LogP contribution is -2.15. The van der Waals surface area contributed by atoms with Gasteiger partial charge in [0.25, 0.3) is 11.8 Å². The van der Waals surface area contributed by atoms with E-state index in [1.54, 1.807) is 36.4 Å². The molecule has 3 aromatic carbocycles. The topological polar surface area (TPSA) is 110 Å². The molecule has 4 N–H and O–H groups in total. The van der Waals surface area contributed by atoms with Crippen molar-refractivity contribution in [1.82, 2.24) is 9.97 Å². The van der Waals surface area contributed by atoms with Crippen molar-refractivity contribution in [2.24, 2.45) is 5.73 Å². The summed E-state index contributed by atoms with van der Waals surface area (Å²) in [6.07, 6.45) is 2.05. The molecule has 0 aliphatic carbocycles. The number of carbonyl (C=O) groups is 2. The van der Waals surface area contributed by atoms with Crippen LogP contribution in [0.3, 0.4) is 0 Å². The van der Waals surface area contributed by atoms with Crippen molar-refractivity contribution in [3.63, 3.8) is 0 Å². The Balaban J connectivity index is 1.59. The van der Waals surface area contributed by atoms with Gasteiger partial charge in [0.05, 0.1) is 17.1 Å². The van der Waals surface area contributed by atoms with Gasteiger partial charge in [-0.1, -0.05) is 25.1 Å². The van der Waals surface area contributed by atoms with Crippen molar-refractivity contribution >= 4 is 34.2 Å². The van der Waals surface area contributed by atoms with Gasteiger partial charge in [-0.2, -0.15) is 0 Å². The number of nitrogens with two attached hydrogens (primary N) is 1. The van der Waals surface area contributed by atoms with Crippen molar-refractivity contribution in [3.8, 4) is 0 Å². The predicted molar refractivity (Wildman–Crippen MR) is 125 cm³/mol. The molecule has 9 heteroatoms. The van der Waals surface area contributed by atoms with E-state index in [4.69, 9.17) is 5.73 Å². The molecule has 2 amide bonds. The van der Waals surface area contributed by atoms with Gasteiger partial charge in [0.2, 0.25) is 0 Å². The molecule has 7 nitrogen and oxygen atoms in total. The first kappa shape index (κ1) is 22.8. The van der Waals surface area contributed by atoms with Crippen molar-refractivity contribution in [2.75, 3.05) is 10.6 Å². The van der Waals surface area contributed by atoms with Gasteiger partial charge in [0.15, 0.2) is 11.6 Å². The molecule has 0 spiro atoms. The zero-order valence-electron chi connectivity index (χ0n) is 18.2. The molecule has 0 radical (unpaired) electrons. The second-order valence-electron chi connectivity index (χ2n) is 7.60. The summed E-state index contributed by atoms with van der Waals surface area (Å²) in [5.41, 5.74) is 7.59. The molecule has 0 aliphatic heterocycles. The van der Waals surface area contributed by atoms with Crippen LogP contribution in [0.15, 0.2) is 67.0 Å². The Morgan fingerprint density at radius 2 is 1.79 bits per heavy atom. The predicted octanol–water partition coefficient (Wildman–Crippen LogP) is 4.82. The minimum atomic E-state index is -1.09. The number of carbonyl (C=O) groups excluding carboxylic acids is 2. The van der Waals surface area contributed by atoms with E-state index in [0.29, 0.717) is 34.4 Å². The molecular weight excluding hydrogens is 440 g/mol. The molecule has 0 bridgehead atoms. The van der Waals surface area contributed by atoms with Crippen LogP contribution in [0.5, 0.6) is 0 Å². The zero-order chi connectivity index (χ0) is 24.2. The second kappa shape index (κ2) is 9.62. The number of primary amides is 1. The minimum absolute atomic E-state index is 0.00665. The van der Waals surface area contributed by atoms with Crippen LogP contribution in [0.4, 0.5) is 20.3 Å². The van der Waals surface area contributed by atoms with Crippen molar-refractivity contribution in [2.45, 2.75) is 19.4 Å².